The first-order valence-corrected chi connectivity index (χ1v) is 3.60. The molecular weight excluding hydrogens is 192 g/mol. The van der Waals surface area contributed by atoms with Crippen molar-refractivity contribution in [3.05, 3.63) is 33.4 Å². The second-order valence-electron chi connectivity index (χ2n) is 2.58. The van der Waals surface area contributed by atoms with Crippen LogP contribution in [0.2, 0.25) is 0 Å². The summed E-state index contributed by atoms with van der Waals surface area (Å²) in [4.78, 5) is 26.3. The Balaban J connectivity index is 2.71. The van der Waals surface area contributed by atoms with Crippen LogP contribution in [0.25, 0.3) is 0 Å². The summed E-state index contributed by atoms with van der Waals surface area (Å²) in [6, 6.07) is 0. The van der Waals surface area contributed by atoms with Gasteiger partial charge in [-0.2, -0.15) is 9.35 Å². The Morgan fingerprint density at radius 2 is 1.29 bits per heavy atom. The van der Waals surface area contributed by atoms with Gasteiger partial charge in [0.15, 0.2) is 0 Å². The van der Waals surface area contributed by atoms with Crippen molar-refractivity contribution < 1.29 is 10.2 Å². The molecule has 0 radical (unpaired) electrons. The van der Waals surface area contributed by atoms with Crippen LogP contribution < -0.4 is 11.4 Å². The number of hydrogen-bond donors (Lipinski definition) is 4. The van der Waals surface area contributed by atoms with E-state index in [1.807, 2.05) is 0 Å². The predicted octanol–water partition coefficient (Wildman–Crippen LogP) is -1.61. The third-order valence-electron chi connectivity index (χ3n) is 1.61. The van der Waals surface area contributed by atoms with E-state index >= 15 is 0 Å². The highest BCUT2D eigenvalue weighted by Gasteiger charge is 2.07. The molecule has 0 atom stereocenters. The summed E-state index contributed by atoms with van der Waals surface area (Å²) >= 11 is 0. The van der Waals surface area contributed by atoms with Gasteiger partial charge >= 0.3 is 11.4 Å². The molecule has 2 heterocycles. The SMILES string of the molecule is O=c1[nH]c(O)cn1-n1cc(O)[nH]c1=O. The number of aromatic hydroxyl groups is 2. The third kappa shape index (κ3) is 1.09. The maximum absolute atomic E-state index is 11.1. The number of imidazole rings is 2. The van der Waals surface area contributed by atoms with Crippen molar-refractivity contribution in [3.63, 3.8) is 0 Å². The van der Waals surface area contributed by atoms with Crippen LogP contribution >= 0.6 is 0 Å². The van der Waals surface area contributed by atoms with E-state index in [-0.39, 0.29) is 11.8 Å². The normalized spacial score (nSPS) is 10.6. The van der Waals surface area contributed by atoms with Crippen molar-refractivity contribution in [2.75, 3.05) is 0 Å². The molecule has 2 aromatic rings. The highest BCUT2D eigenvalue weighted by Crippen LogP contribution is 2.00. The van der Waals surface area contributed by atoms with Gasteiger partial charge in [0.25, 0.3) is 0 Å². The van der Waals surface area contributed by atoms with E-state index in [0.717, 1.165) is 21.7 Å². The van der Waals surface area contributed by atoms with E-state index in [2.05, 4.69) is 9.97 Å². The zero-order chi connectivity index (χ0) is 10.3. The average molecular weight is 198 g/mol. The quantitative estimate of drug-likeness (QED) is 0.441. The molecule has 0 unspecified atom stereocenters. The van der Waals surface area contributed by atoms with Gasteiger partial charge in [-0.3, -0.25) is 9.97 Å². The minimum atomic E-state index is -0.691. The lowest BCUT2D eigenvalue weighted by Crippen LogP contribution is -2.30. The van der Waals surface area contributed by atoms with Crippen molar-refractivity contribution in [2.24, 2.45) is 0 Å². The Hall–Kier alpha value is -2.38. The molecule has 0 fully saturated rings. The lowest BCUT2D eigenvalue weighted by atomic mass is 10.8. The summed E-state index contributed by atoms with van der Waals surface area (Å²) in [5.41, 5.74) is -1.38. The zero-order valence-electron chi connectivity index (χ0n) is 6.76. The highest BCUT2D eigenvalue weighted by atomic mass is 16.3. The molecule has 8 heteroatoms. The number of hydrogen-bond acceptors (Lipinski definition) is 4. The second kappa shape index (κ2) is 2.55. The topological polar surface area (TPSA) is 116 Å². The Kier molecular flexibility index (Phi) is 1.50. The van der Waals surface area contributed by atoms with E-state index in [1.165, 1.54) is 0 Å². The first-order valence-electron chi connectivity index (χ1n) is 3.60. The van der Waals surface area contributed by atoms with Gasteiger partial charge in [-0.15, -0.1) is 0 Å². The molecule has 0 aliphatic carbocycles. The third-order valence-corrected chi connectivity index (χ3v) is 1.61. The molecule has 74 valence electrons. The molecule has 0 aliphatic heterocycles. The van der Waals surface area contributed by atoms with E-state index in [9.17, 15) is 9.59 Å². The monoisotopic (exact) mass is 198 g/mol. The summed E-state index contributed by atoms with van der Waals surface area (Å²) in [6.45, 7) is 0. The number of rotatable bonds is 1. The van der Waals surface area contributed by atoms with E-state index < -0.39 is 11.4 Å². The van der Waals surface area contributed by atoms with E-state index in [0.29, 0.717) is 0 Å². The van der Waals surface area contributed by atoms with Gasteiger partial charge < -0.3 is 10.2 Å². The van der Waals surface area contributed by atoms with Gasteiger partial charge in [0.2, 0.25) is 11.8 Å². The molecule has 0 aliphatic rings. The molecule has 8 nitrogen and oxygen atoms in total. The number of aromatic amines is 2. The molecule has 0 spiro atoms. The van der Waals surface area contributed by atoms with Crippen LogP contribution in [0, 0.1) is 0 Å². The molecule has 2 rings (SSSR count). The Bertz CT molecular complexity index is 519. The van der Waals surface area contributed by atoms with Crippen LogP contribution in [0.5, 0.6) is 11.8 Å². The highest BCUT2D eigenvalue weighted by molar-refractivity contribution is 5.05. The van der Waals surface area contributed by atoms with Crippen molar-refractivity contribution in [3.8, 4) is 11.8 Å². The smallest absolute Gasteiger partial charge is 0.347 e. The lowest BCUT2D eigenvalue weighted by molar-refractivity contribution is 0.452. The maximum atomic E-state index is 11.1. The second-order valence-corrected chi connectivity index (χ2v) is 2.58. The minimum Gasteiger partial charge on any atom is -0.493 e. The number of aromatic nitrogens is 4. The Morgan fingerprint density at radius 3 is 1.50 bits per heavy atom. The Labute approximate surface area is 75.6 Å². The largest absolute Gasteiger partial charge is 0.493 e. The first kappa shape index (κ1) is 8.23. The van der Waals surface area contributed by atoms with Gasteiger partial charge in [-0.05, 0) is 0 Å². The van der Waals surface area contributed by atoms with Crippen molar-refractivity contribution in [1.29, 1.82) is 0 Å². The van der Waals surface area contributed by atoms with E-state index in [4.69, 9.17) is 10.2 Å². The molecule has 0 saturated carbocycles. The Morgan fingerprint density at radius 1 is 0.929 bits per heavy atom. The number of H-pyrrole nitrogens is 2. The molecule has 0 aromatic carbocycles. The fourth-order valence-corrected chi connectivity index (χ4v) is 1.07. The number of nitrogens with one attached hydrogen (secondary N) is 2. The minimum absolute atomic E-state index is 0.373. The molecule has 0 saturated heterocycles. The predicted molar refractivity (Wildman–Crippen MR) is 44.2 cm³/mol. The lowest BCUT2D eigenvalue weighted by Gasteiger charge is -1.96. The van der Waals surface area contributed by atoms with Gasteiger partial charge in [-0.25, -0.2) is 9.59 Å². The summed E-state index contributed by atoms with van der Waals surface area (Å²) in [7, 11) is 0. The average Bonchev–Trinajstić information content (AvgIpc) is 2.55. The van der Waals surface area contributed by atoms with Crippen LogP contribution in [0.1, 0.15) is 0 Å². The summed E-state index contributed by atoms with van der Waals surface area (Å²) in [5.74, 6) is -0.745. The van der Waals surface area contributed by atoms with Crippen LogP contribution in [0.3, 0.4) is 0 Å². The van der Waals surface area contributed by atoms with Crippen LogP contribution in [-0.4, -0.2) is 29.5 Å². The summed E-state index contributed by atoms with van der Waals surface area (Å²) in [5, 5.41) is 17.9. The van der Waals surface area contributed by atoms with Crippen LogP contribution in [0.4, 0.5) is 0 Å². The van der Waals surface area contributed by atoms with Crippen molar-refractivity contribution >= 4 is 0 Å². The first-order chi connectivity index (χ1) is 6.58. The fraction of sp³-hybridized carbons (Fsp3) is 0. The standard InChI is InChI=1S/C6H6N4O4/c11-3-1-9(5(13)7-3)10-2-4(12)8-6(10)14/h1-2,11-12H,(H,7,13)(H,8,14). The number of nitrogens with zero attached hydrogens (tertiary/aromatic N) is 2. The molecule has 4 N–H and O–H groups in total. The maximum Gasteiger partial charge on any atom is 0.347 e. The van der Waals surface area contributed by atoms with Gasteiger partial charge in [0, 0.05) is 0 Å². The van der Waals surface area contributed by atoms with Crippen LogP contribution in [0.15, 0.2) is 22.0 Å². The zero-order valence-corrected chi connectivity index (χ0v) is 6.76. The van der Waals surface area contributed by atoms with Crippen molar-refractivity contribution in [1.82, 2.24) is 19.3 Å². The van der Waals surface area contributed by atoms with Gasteiger partial charge in [-0.1, -0.05) is 0 Å². The molecule has 0 bridgehead atoms. The summed E-state index contributed by atoms with van der Waals surface area (Å²) < 4.78 is 1.63. The van der Waals surface area contributed by atoms with Crippen molar-refractivity contribution in [2.45, 2.75) is 0 Å². The molecule has 2 aromatic heterocycles. The van der Waals surface area contributed by atoms with E-state index in [1.54, 1.807) is 0 Å². The molecule has 14 heavy (non-hydrogen) atoms. The van der Waals surface area contributed by atoms with Crippen LogP contribution in [-0.2, 0) is 0 Å². The van der Waals surface area contributed by atoms with Gasteiger partial charge in [0.05, 0.1) is 12.4 Å². The van der Waals surface area contributed by atoms with Gasteiger partial charge in [0.1, 0.15) is 0 Å². The fourth-order valence-electron chi connectivity index (χ4n) is 1.07. The molecular formula is C6H6N4O4. The molecule has 0 amide bonds. The summed E-state index contributed by atoms with van der Waals surface area (Å²) in [6.07, 6.45) is 2.02.